The molecule has 2 heterocycles. The van der Waals surface area contributed by atoms with Crippen molar-refractivity contribution in [3.05, 3.63) is 82.1 Å². The second-order valence-corrected chi connectivity index (χ2v) is 23.8. The summed E-state index contributed by atoms with van der Waals surface area (Å²) in [6.07, 6.45) is 0.273. The number of hydrogen-bond acceptors (Lipinski definition) is 14. The number of nitrogens with one attached hydrogen (secondary N) is 4. The molecule has 18 heteroatoms. The topological polar surface area (TPSA) is 217 Å². The highest BCUT2D eigenvalue weighted by Gasteiger charge is 2.46. The normalized spacial score (nSPS) is 20.8. The molecular formula is C52H68N6O8S4. The number of carbonyl (C=O) groups is 6. The summed E-state index contributed by atoms with van der Waals surface area (Å²) in [5, 5.41) is 33.4. The van der Waals surface area contributed by atoms with Gasteiger partial charge in [0.15, 0.2) is 11.6 Å². The number of aliphatic hydroxyl groups excluding tert-OH is 2. The van der Waals surface area contributed by atoms with Crippen molar-refractivity contribution in [2.75, 3.05) is 11.5 Å². The van der Waals surface area contributed by atoms with Crippen molar-refractivity contribution < 1.29 is 39.0 Å². The van der Waals surface area contributed by atoms with E-state index in [0.29, 0.717) is 12.8 Å². The van der Waals surface area contributed by atoms with Crippen LogP contribution in [0.15, 0.2) is 59.6 Å². The number of aliphatic hydroxyl groups is 2. The fourth-order valence-corrected chi connectivity index (χ4v) is 13.1. The van der Waals surface area contributed by atoms with Crippen LogP contribution in [0.4, 0.5) is 0 Å². The quantitative estimate of drug-likeness (QED) is 0.0279. The van der Waals surface area contributed by atoms with E-state index in [-0.39, 0.29) is 110 Å². The Kier molecular flexibility index (Phi) is 20.6. The Morgan fingerprint density at radius 3 is 1.27 bits per heavy atom. The van der Waals surface area contributed by atoms with Crippen LogP contribution >= 0.6 is 44.3 Å². The zero-order chi connectivity index (χ0) is 50.5. The summed E-state index contributed by atoms with van der Waals surface area (Å²) in [6, 6.07) is 13.7. The average molecular weight is 1030 g/mol. The predicted molar refractivity (Wildman–Crippen MR) is 280 cm³/mol. The Balaban J connectivity index is 1.10. The van der Waals surface area contributed by atoms with Crippen molar-refractivity contribution in [3.8, 4) is 20.9 Å². The SMILES string of the molecule is Cc1ncsc1-c1ccc(CNC(=O)[C@H]2C[C@H](O)CC2C(=O)[C@@H](CSSC[C@H](NC(=O)CCC(C)C)C(=O)C2C[C@H](O)C[C@H]2C(=O)NCc2ccc(-c3scnc3C)cc2)NC(=O)CCC(C)C)cc1. The molecule has 6 rings (SSSR count). The van der Waals surface area contributed by atoms with E-state index in [1.54, 1.807) is 33.7 Å². The predicted octanol–water partition coefficient (Wildman–Crippen LogP) is 7.62. The minimum Gasteiger partial charge on any atom is -0.393 e. The summed E-state index contributed by atoms with van der Waals surface area (Å²) in [5.74, 6) is -4.56. The van der Waals surface area contributed by atoms with Crippen LogP contribution in [0.2, 0.25) is 0 Å². The van der Waals surface area contributed by atoms with Crippen LogP contribution in [0.25, 0.3) is 20.9 Å². The number of aromatic nitrogens is 2. The molecule has 0 saturated heterocycles. The second kappa shape index (κ2) is 26.3. The van der Waals surface area contributed by atoms with E-state index in [4.69, 9.17) is 0 Å². The number of rotatable bonds is 25. The molecule has 0 bridgehead atoms. The smallest absolute Gasteiger partial charge is 0.224 e. The molecule has 0 spiro atoms. The van der Waals surface area contributed by atoms with Gasteiger partial charge in [0.25, 0.3) is 0 Å². The number of ketones is 2. The summed E-state index contributed by atoms with van der Waals surface area (Å²) in [6.45, 7) is 12.4. The van der Waals surface area contributed by atoms with Gasteiger partial charge in [-0.3, -0.25) is 28.8 Å². The van der Waals surface area contributed by atoms with Crippen LogP contribution in [0.3, 0.4) is 0 Å². The summed E-state index contributed by atoms with van der Waals surface area (Å²) in [5.41, 5.74) is 9.32. The molecule has 2 aromatic heterocycles. The van der Waals surface area contributed by atoms with E-state index in [1.807, 2.05) is 90.1 Å². The van der Waals surface area contributed by atoms with Crippen molar-refractivity contribution in [1.82, 2.24) is 31.2 Å². The first kappa shape index (κ1) is 54.9. The van der Waals surface area contributed by atoms with E-state index >= 15 is 0 Å². The molecule has 2 unspecified atom stereocenters. The molecule has 4 amide bonds. The van der Waals surface area contributed by atoms with Crippen molar-refractivity contribution in [2.45, 2.75) is 130 Å². The van der Waals surface area contributed by atoms with Crippen LogP contribution in [-0.4, -0.2) is 91.2 Å². The van der Waals surface area contributed by atoms with Crippen LogP contribution in [0, 0.1) is 49.4 Å². The lowest BCUT2D eigenvalue weighted by Crippen LogP contribution is -2.48. The number of aryl methyl sites for hydroxylation is 2. The summed E-state index contributed by atoms with van der Waals surface area (Å²) in [4.78, 5) is 93.8. The summed E-state index contributed by atoms with van der Waals surface area (Å²) in [7, 11) is 2.52. The van der Waals surface area contributed by atoms with E-state index in [9.17, 15) is 39.0 Å². The lowest BCUT2D eigenvalue weighted by atomic mass is 9.88. The number of amides is 4. The van der Waals surface area contributed by atoms with Gasteiger partial charge in [0.2, 0.25) is 23.6 Å². The van der Waals surface area contributed by atoms with Gasteiger partial charge in [-0.1, -0.05) is 97.8 Å². The number of hydrogen-bond donors (Lipinski definition) is 6. The van der Waals surface area contributed by atoms with Crippen molar-refractivity contribution in [1.29, 1.82) is 0 Å². The molecule has 6 N–H and O–H groups in total. The monoisotopic (exact) mass is 1030 g/mol. The first-order valence-electron chi connectivity index (χ1n) is 24.3. The maximum Gasteiger partial charge on any atom is 0.224 e. The van der Waals surface area contributed by atoms with Crippen LogP contribution in [0.5, 0.6) is 0 Å². The maximum absolute atomic E-state index is 14.5. The second-order valence-electron chi connectivity index (χ2n) is 19.5. The minimum atomic E-state index is -0.994. The van der Waals surface area contributed by atoms with E-state index in [0.717, 1.165) is 43.4 Å². The fraction of sp³-hybridized carbons (Fsp3) is 0.538. The van der Waals surface area contributed by atoms with Gasteiger partial charge in [-0.2, -0.15) is 0 Å². The Morgan fingerprint density at radius 1 is 0.586 bits per heavy atom. The highest BCUT2D eigenvalue weighted by atomic mass is 33.1. The van der Waals surface area contributed by atoms with Crippen molar-refractivity contribution in [2.24, 2.45) is 35.5 Å². The first-order chi connectivity index (χ1) is 33.5. The third-order valence-electron chi connectivity index (χ3n) is 13.1. The fourth-order valence-electron chi connectivity index (χ4n) is 9.09. The van der Waals surface area contributed by atoms with Gasteiger partial charge < -0.3 is 31.5 Å². The zero-order valence-electron chi connectivity index (χ0n) is 40.9. The summed E-state index contributed by atoms with van der Waals surface area (Å²) < 4.78 is 0. The van der Waals surface area contributed by atoms with E-state index in [2.05, 4.69) is 31.2 Å². The van der Waals surface area contributed by atoms with Gasteiger partial charge in [-0.15, -0.1) is 22.7 Å². The maximum atomic E-state index is 14.5. The highest BCUT2D eigenvalue weighted by molar-refractivity contribution is 8.76. The molecule has 2 aromatic carbocycles. The molecule has 378 valence electrons. The Hall–Kier alpha value is -4.46. The molecule has 2 aliphatic rings. The van der Waals surface area contributed by atoms with E-state index in [1.165, 1.54) is 21.6 Å². The molecule has 2 aliphatic carbocycles. The standard InChI is InChI=1S/C52H68N6O8S4/c1-29(2)7-17-45(61)57-43(47(63)39-19-37(59)21-41(39)51(65)53-23-33-9-13-35(14-10-33)49-31(5)55-27-67-49)25-69-70-26-44(58-46(62)18-8-30(3)4)48(64)40-20-38(60)22-42(40)52(66)54-24-34-11-15-36(16-12-34)50-32(6)56-28-68-50/h9-16,27-30,37-44,59-60H,7-8,17-26H2,1-6H3,(H,53,65)(H,54,66)(H,57,61)(H,58,62)/t37-,38+,39?,40?,41+,42-,43-,44+. The van der Waals surface area contributed by atoms with Crippen LogP contribution < -0.4 is 21.3 Å². The molecule has 70 heavy (non-hydrogen) atoms. The largest absolute Gasteiger partial charge is 0.393 e. The molecule has 0 aliphatic heterocycles. The summed E-state index contributed by atoms with van der Waals surface area (Å²) >= 11 is 3.12. The van der Waals surface area contributed by atoms with Gasteiger partial charge in [0.05, 0.1) is 68.3 Å². The third-order valence-corrected chi connectivity index (χ3v) is 17.5. The molecule has 0 radical (unpaired) electrons. The Bertz CT molecular complexity index is 2240. The molecule has 4 aromatic rings. The van der Waals surface area contributed by atoms with Gasteiger partial charge in [0.1, 0.15) is 0 Å². The number of thiazole rings is 2. The number of carbonyl (C=O) groups excluding carboxylic acids is 6. The van der Waals surface area contributed by atoms with Gasteiger partial charge in [-0.05, 0) is 86.5 Å². The Morgan fingerprint density at radius 2 is 0.943 bits per heavy atom. The minimum absolute atomic E-state index is 0.0798. The lowest BCUT2D eigenvalue weighted by Gasteiger charge is -2.25. The third kappa shape index (κ3) is 15.5. The lowest BCUT2D eigenvalue weighted by molar-refractivity contribution is -0.134. The first-order valence-corrected chi connectivity index (χ1v) is 28.5. The van der Waals surface area contributed by atoms with Crippen LogP contribution in [-0.2, 0) is 41.9 Å². The van der Waals surface area contributed by atoms with Gasteiger partial charge >= 0.3 is 0 Å². The number of Topliss-reactive ketones (excluding diaryl/α,β-unsaturated/α-hetero) is 2. The Labute approximate surface area is 427 Å². The molecule has 8 atom stereocenters. The molecule has 2 saturated carbocycles. The molecular weight excluding hydrogens is 965 g/mol. The number of benzene rings is 2. The van der Waals surface area contributed by atoms with Gasteiger partial charge in [-0.25, -0.2) is 9.97 Å². The van der Waals surface area contributed by atoms with Gasteiger partial charge in [0, 0.05) is 49.3 Å². The average Bonchev–Trinajstić information content (AvgIpc) is 4.16. The van der Waals surface area contributed by atoms with Crippen molar-refractivity contribution in [3.63, 3.8) is 0 Å². The molecule has 2 fully saturated rings. The zero-order valence-corrected chi connectivity index (χ0v) is 44.2. The van der Waals surface area contributed by atoms with Crippen LogP contribution in [0.1, 0.15) is 102 Å². The molecule has 14 nitrogen and oxygen atoms in total. The highest BCUT2D eigenvalue weighted by Crippen LogP contribution is 2.38. The van der Waals surface area contributed by atoms with Crippen molar-refractivity contribution >= 4 is 79.5 Å². The number of nitrogens with zero attached hydrogens (tertiary/aromatic N) is 2. The van der Waals surface area contributed by atoms with E-state index < -0.39 is 48.0 Å².